The molecular weight excluding hydrogens is 351 g/mol. The van der Waals surface area contributed by atoms with Gasteiger partial charge in [0.2, 0.25) is 5.95 Å². The van der Waals surface area contributed by atoms with Gasteiger partial charge in [-0.1, -0.05) is 23.7 Å². The Morgan fingerprint density at radius 2 is 1.88 bits per heavy atom. The molecule has 0 atom stereocenters. The zero-order valence-electron chi connectivity index (χ0n) is 13.5. The van der Waals surface area contributed by atoms with Gasteiger partial charge in [0.25, 0.3) is 0 Å². The van der Waals surface area contributed by atoms with Gasteiger partial charge in [-0.3, -0.25) is 0 Å². The van der Waals surface area contributed by atoms with Crippen LogP contribution in [-0.4, -0.2) is 36.5 Å². The average Bonchev–Trinajstić information content (AvgIpc) is 2.55. The van der Waals surface area contributed by atoms with E-state index in [2.05, 4.69) is 15.3 Å². The molecule has 1 aromatic carbocycles. The summed E-state index contributed by atoms with van der Waals surface area (Å²) in [5, 5.41) is 3.67. The van der Waals surface area contributed by atoms with Crippen LogP contribution in [0.4, 0.5) is 11.8 Å². The second-order valence-electron chi connectivity index (χ2n) is 4.83. The first-order chi connectivity index (χ1) is 11.2. The first kappa shape index (κ1) is 20.4. The van der Waals surface area contributed by atoms with E-state index in [4.69, 9.17) is 26.8 Å². The SMILES string of the molecule is CCOCCOCNc1ncc(Cc2ccc(Cl)cc2)c(N)n1.Cl. The van der Waals surface area contributed by atoms with E-state index in [1.165, 1.54) is 0 Å². The van der Waals surface area contributed by atoms with Gasteiger partial charge in [-0.05, 0) is 24.6 Å². The van der Waals surface area contributed by atoms with E-state index in [1.54, 1.807) is 6.20 Å². The van der Waals surface area contributed by atoms with E-state index in [0.717, 1.165) is 11.1 Å². The standard InChI is InChI=1S/C16H21ClN4O2.ClH/c1-2-22-7-8-23-11-20-16-19-10-13(15(18)21-16)9-12-3-5-14(17)6-4-12;/h3-6,10H,2,7-9,11H2,1H3,(H3,18,19,20,21);1H. The number of benzene rings is 1. The molecule has 0 amide bonds. The quantitative estimate of drug-likeness (QED) is 0.519. The second kappa shape index (κ2) is 11.0. The van der Waals surface area contributed by atoms with Crippen molar-refractivity contribution in [3.05, 3.63) is 46.6 Å². The third kappa shape index (κ3) is 6.88. The first-order valence-corrected chi connectivity index (χ1v) is 7.82. The van der Waals surface area contributed by atoms with E-state index < -0.39 is 0 Å². The molecule has 2 aromatic rings. The molecule has 0 aliphatic heterocycles. The lowest BCUT2D eigenvalue weighted by molar-refractivity contribution is 0.0602. The van der Waals surface area contributed by atoms with E-state index >= 15 is 0 Å². The summed E-state index contributed by atoms with van der Waals surface area (Å²) in [7, 11) is 0. The Balaban J connectivity index is 0.00000288. The number of nitrogen functional groups attached to an aromatic ring is 1. The molecule has 0 bridgehead atoms. The van der Waals surface area contributed by atoms with Crippen molar-refractivity contribution in [2.75, 3.05) is 37.6 Å². The van der Waals surface area contributed by atoms with Crippen molar-refractivity contribution in [3.63, 3.8) is 0 Å². The van der Waals surface area contributed by atoms with Crippen LogP contribution in [0, 0.1) is 0 Å². The summed E-state index contributed by atoms with van der Waals surface area (Å²) in [6.45, 7) is 4.03. The van der Waals surface area contributed by atoms with Crippen molar-refractivity contribution in [1.29, 1.82) is 0 Å². The van der Waals surface area contributed by atoms with E-state index in [0.29, 0.717) is 49.8 Å². The maximum absolute atomic E-state index is 5.99. The number of nitrogens with two attached hydrogens (primary N) is 1. The highest BCUT2D eigenvalue weighted by molar-refractivity contribution is 6.30. The van der Waals surface area contributed by atoms with Crippen LogP contribution in [-0.2, 0) is 15.9 Å². The van der Waals surface area contributed by atoms with Crippen molar-refractivity contribution < 1.29 is 9.47 Å². The summed E-state index contributed by atoms with van der Waals surface area (Å²) in [4.78, 5) is 8.49. The van der Waals surface area contributed by atoms with Crippen molar-refractivity contribution in [1.82, 2.24) is 9.97 Å². The largest absolute Gasteiger partial charge is 0.383 e. The van der Waals surface area contributed by atoms with Crippen molar-refractivity contribution in [2.45, 2.75) is 13.3 Å². The number of nitrogens with one attached hydrogen (secondary N) is 1. The van der Waals surface area contributed by atoms with Crippen molar-refractivity contribution in [3.8, 4) is 0 Å². The highest BCUT2D eigenvalue weighted by Gasteiger charge is 2.05. The van der Waals surface area contributed by atoms with Gasteiger partial charge in [-0.2, -0.15) is 4.98 Å². The Labute approximate surface area is 153 Å². The zero-order chi connectivity index (χ0) is 16.5. The van der Waals surface area contributed by atoms with E-state index in [1.807, 2.05) is 31.2 Å². The summed E-state index contributed by atoms with van der Waals surface area (Å²) in [6.07, 6.45) is 2.38. The normalized spacial score (nSPS) is 10.2. The number of hydrogen-bond donors (Lipinski definition) is 2. The van der Waals surface area contributed by atoms with Gasteiger partial charge in [0.05, 0.1) is 13.2 Å². The summed E-state index contributed by atoms with van der Waals surface area (Å²) in [5.74, 6) is 0.894. The van der Waals surface area contributed by atoms with Gasteiger partial charge in [0.15, 0.2) is 0 Å². The summed E-state index contributed by atoms with van der Waals surface area (Å²) >= 11 is 5.88. The van der Waals surface area contributed by atoms with Gasteiger partial charge in [-0.15, -0.1) is 12.4 Å². The minimum absolute atomic E-state index is 0. The maximum atomic E-state index is 5.99. The lowest BCUT2D eigenvalue weighted by Gasteiger charge is -2.09. The molecule has 0 radical (unpaired) electrons. The fourth-order valence-electron chi connectivity index (χ4n) is 1.91. The minimum atomic E-state index is 0. The molecule has 0 saturated heterocycles. The van der Waals surface area contributed by atoms with Crippen LogP contribution in [0.2, 0.25) is 5.02 Å². The molecule has 8 heteroatoms. The van der Waals surface area contributed by atoms with Crippen molar-refractivity contribution >= 4 is 35.8 Å². The van der Waals surface area contributed by atoms with E-state index in [9.17, 15) is 0 Å². The monoisotopic (exact) mass is 372 g/mol. The molecule has 1 aromatic heterocycles. The third-order valence-electron chi connectivity index (χ3n) is 3.11. The molecule has 2 rings (SSSR count). The fourth-order valence-corrected chi connectivity index (χ4v) is 2.04. The van der Waals surface area contributed by atoms with Crippen LogP contribution in [0.3, 0.4) is 0 Å². The molecule has 3 N–H and O–H groups in total. The molecule has 0 spiro atoms. The van der Waals surface area contributed by atoms with Crippen LogP contribution in [0.15, 0.2) is 30.5 Å². The van der Waals surface area contributed by atoms with E-state index in [-0.39, 0.29) is 12.4 Å². The Bertz CT molecular complexity index is 612. The van der Waals surface area contributed by atoms with Crippen LogP contribution in [0.25, 0.3) is 0 Å². The summed E-state index contributed by atoms with van der Waals surface area (Å²) < 4.78 is 10.5. The molecule has 6 nitrogen and oxygen atoms in total. The number of ether oxygens (including phenoxy) is 2. The van der Waals surface area contributed by atoms with Gasteiger partial charge in [0.1, 0.15) is 12.5 Å². The smallest absolute Gasteiger partial charge is 0.226 e. The fraction of sp³-hybridized carbons (Fsp3) is 0.375. The van der Waals surface area contributed by atoms with Gasteiger partial charge >= 0.3 is 0 Å². The molecule has 0 saturated carbocycles. The second-order valence-corrected chi connectivity index (χ2v) is 5.27. The number of rotatable bonds is 9. The number of halogens is 2. The Kier molecular flexibility index (Phi) is 9.41. The molecule has 0 unspecified atom stereocenters. The highest BCUT2D eigenvalue weighted by atomic mass is 35.5. The Hall–Kier alpha value is -1.60. The van der Waals surface area contributed by atoms with Crippen LogP contribution in [0.1, 0.15) is 18.1 Å². The predicted molar refractivity (Wildman–Crippen MR) is 98.9 cm³/mol. The molecule has 0 aliphatic carbocycles. The molecule has 0 fully saturated rings. The number of nitrogens with zero attached hydrogens (tertiary/aromatic N) is 2. The van der Waals surface area contributed by atoms with Crippen molar-refractivity contribution in [2.24, 2.45) is 0 Å². The molecular formula is C16H22Cl2N4O2. The van der Waals surface area contributed by atoms with Crippen LogP contribution in [0.5, 0.6) is 0 Å². The zero-order valence-corrected chi connectivity index (χ0v) is 15.1. The molecule has 0 aliphatic rings. The van der Waals surface area contributed by atoms with Gasteiger partial charge < -0.3 is 20.5 Å². The van der Waals surface area contributed by atoms with Crippen LogP contribution < -0.4 is 11.1 Å². The first-order valence-electron chi connectivity index (χ1n) is 7.44. The summed E-state index contributed by atoms with van der Waals surface area (Å²) in [6, 6.07) is 7.62. The maximum Gasteiger partial charge on any atom is 0.226 e. The lowest BCUT2D eigenvalue weighted by Crippen LogP contribution is -2.13. The number of hydrogen-bond acceptors (Lipinski definition) is 6. The highest BCUT2D eigenvalue weighted by Crippen LogP contribution is 2.17. The molecule has 132 valence electrons. The Morgan fingerprint density at radius 3 is 2.54 bits per heavy atom. The number of anilines is 2. The lowest BCUT2D eigenvalue weighted by atomic mass is 10.1. The summed E-state index contributed by atoms with van der Waals surface area (Å²) in [5.41, 5.74) is 7.96. The number of aromatic nitrogens is 2. The topological polar surface area (TPSA) is 82.3 Å². The van der Waals surface area contributed by atoms with Gasteiger partial charge in [-0.25, -0.2) is 4.98 Å². The molecule has 24 heavy (non-hydrogen) atoms. The van der Waals surface area contributed by atoms with Gasteiger partial charge in [0, 0.05) is 29.8 Å². The van der Waals surface area contributed by atoms with Crippen LogP contribution >= 0.6 is 24.0 Å². The molecule has 1 heterocycles. The minimum Gasteiger partial charge on any atom is -0.383 e. The average molecular weight is 373 g/mol. The predicted octanol–water partition coefficient (Wildman–Crippen LogP) is 3.15. The third-order valence-corrected chi connectivity index (χ3v) is 3.37. The Morgan fingerprint density at radius 1 is 1.17 bits per heavy atom.